The van der Waals surface area contributed by atoms with E-state index in [1.165, 1.54) is 23.1 Å². The van der Waals surface area contributed by atoms with Gasteiger partial charge >= 0.3 is 0 Å². The molecule has 1 saturated heterocycles. The van der Waals surface area contributed by atoms with Gasteiger partial charge in [0.2, 0.25) is 11.9 Å². The molecule has 3 atom stereocenters. The van der Waals surface area contributed by atoms with Gasteiger partial charge in [-0.3, -0.25) is 4.79 Å². The summed E-state index contributed by atoms with van der Waals surface area (Å²) in [5, 5.41) is 7.13. The molecule has 6 nitrogen and oxygen atoms in total. The molecule has 2 aliphatic rings. The van der Waals surface area contributed by atoms with Gasteiger partial charge in [-0.05, 0) is 42.9 Å². The summed E-state index contributed by atoms with van der Waals surface area (Å²) < 4.78 is 41.3. The van der Waals surface area contributed by atoms with E-state index in [0.29, 0.717) is 19.0 Å². The Hall–Kier alpha value is -2.58. The van der Waals surface area contributed by atoms with Crippen molar-refractivity contribution in [3.05, 3.63) is 42.0 Å². The molecule has 1 fully saturated rings. The fourth-order valence-corrected chi connectivity index (χ4v) is 4.15. The second-order valence-corrected chi connectivity index (χ2v) is 7.46. The van der Waals surface area contributed by atoms with Gasteiger partial charge in [-0.2, -0.15) is 10.1 Å². The zero-order chi connectivity index (χ0) is 19.7. The van der Waals surface area contributed by atoms with Gasteiger partial charge in [0.25, 0.3) is 6.43 Å². The summed E-state index contributed by atoms with van der Waals surface area (Å²) in [6.45, 7) is 1.17. The maximum Gasteiger partial charge on any atom is 0.260 e. The summed E-state index contributed by atoms with van der Waals surface area (Å²) in [5.41, 5.74) is 0.759. The van der Waals surface area contributed by atoms with Crippen molar-refractivity contribution in [2.45, 2.75) is 44.2 Å². The minimum Gasteiger partial charge on any atom is -0.351 e. The standard InChI is InChI=1S/C19H22F3N5O/c20-14-5-3-12(4-6-14)8-17(28)26-7-1-2-13(10-26)15-9-16(18(21)22)27-19(25-15)23-11-24-27/h3-6,11,13,15-16,18H,1-2,7-10H2,(H,23,24,25)/t13-,15-,16+/m0/s1. The summed E-state index contributed by atoms with van der Waals surface area (Å²) in [5.74, 6) is 0.0636. The number of fused-ring (bicyclic) bond motifs is 1. The fourth-order valence-electron chi connectivity index (χ4n) is 4.15. The zero-order valence-corrected chi connectivity index (χ0v) is 15.3. The molecule has 0 bridgehead atoms. The Labute approximate surface area is 160 Å². The first kappa shape index (κ1) is 18.8. The van der Waals surface area contributed by atoms with Crippen LogP contribution in [-0.4, -0.2) is 51.1 Å². The smallest absolute Gasteiger partial charge is 0.260 e. The quantitative estimate of drug-likeness (QED) is 0.868. The van der Waals surface area contributed by atoms with E-state index >= 15 is 0 Å². The first-order chi connectivity index (χ1) is 13.5. The van der Waals surface area contributed by atoms with Crippen LogP contribution in [-0.2, 0) is 11.2 Å². The fraction of sp³-hybridized carbons (Fsp3) is 0.526. The summed E-state index contributed by atoms with van der Waals surface area (Å²) in [7, 11) is 0. The Morgan fingerprint density at radius 2 is 2.07 bits per heavy atom. The third kappa shape index (κ3) is 3.83. The minimum absolute atomic E-state index is 0.0271. The van der Waals surface area contributed by atoms with E-state index in [9.17, 15) is 18.0 Å². The number of carbonyl (C=O) groups excluding carboxylic acids is 1. The number of nitrogens with one attached hydrogen (secondary N) is 1. The topological polar surface area (TPSA) is 63.1 Å². The predicted molar refractivity (Wildman–Crippen MR) is 96.5 cm³/mol. The number of aromatic nitrogens is 3. The maximum absolute atomic E-state index is 13.5. The number of benzene rings is 1. The Balaban J connectivity index is 1.42. The van der Waals surface area contributed by atoms with E-state index in [1.54, 1.807) is 17.0 Å². The van der Waals surface area contributed by atoms with Gasteiger partial charge in [-0.15, -0.1) is 0 Å². The van der Waals surface area contributed by atoms with Gasteiger partial charge in [-0.25, -0.2) is 17.9 Å². The Morgan fingerprint density at radius 3 is 2.82 bits per heavy atom. The molecule has 2 aromatic rings. The normalized spacial score (nSPS) is 24.7. The van der Waals surface area contributed by atoms with E-state index in [4.69, 9.17) is 0 Å². The van der Waals surface area contributed by atoms with Crippen molar-refractivity contribution < 1.29 is 18.0 Å². The highest BCUT2D eigenvalue weighted by atomic mass is 19.3. The van der Waals surface area contributed by atoms with Gasteiger partial charge in [0, 0.05) is 19.1 Å². The largest absolute Gasteiger partial charge is 0.351 e. The van der Waals surface area contributed by atoms with E-state index in [0.717, 1.165) is 18.4 Å². The number of piperidine rings is 1. The highest BCUT2D eigenvalue weighted by Crippen LogP contribution is 2.35. The number of halogens is 3. The molecule has 2 aliphatic heterocycles. The number of nitrogens with zero attached hydrogens (tertiary/aromatic N) is 4. The molecule has 0 spiro atoms. The van der Waals surface area contributed by atoms with Crippen molar-refractivity contribution in [1.82, 2.24) is 19.7 Å². The molecule has 0 radical (unpaired) electrons. The Kier molecular flexibility index (Phi) is 5.23. The SMILES string of the molecule is O=C(Cc1ccc(F)cc1)N1CCC[C@H]([C@@H]2C[C@H](C(F)F)n3ncnc3N2)C1. The summed E-state index contributed by atoms with van der Waals surface area (Å²) in [6, 6.07) is 4.71. The number of rotatable bonds is 4. The van der Waals surface area contributed by atoms with Gasteiger partial charge in [-0.1, -0.05) is 12.1 Å². The van der Waals surface area contributed by atoms with Crippen LogP contribution in [0.1, 0.15) is 30.9 Å². The van der Waals surface area contributed by atoms with Gasteiger partial charge in [0.15, 0.2) is 0 Å². The number of alkyl halides is 2. The average molecular weight is 393 g/mol. The monoisotopic (exact) mass is 393 g/mol. The number of likely N-dealkylation sites (tertiary alicyclic amines) is 1. The second kappa shape index (κ2) is 7.81. The van der Waals surface area contributed by atoms with Crippen molar-refractivity contribution in [1.29, 1.82) is 0 Å². The van der Waals surface area contributed by atoms with E-state index < -0.39 is 12.5 Å². The highest BCUT2D eigenvalue weighted by Gasteiger charge is 2.38. The van der Waals surface area contributed by atoms with Crippen LogP contribution in [0.25, 0.3) is 0 Å². The number of carbonyl (C=O) groups is 1. The molecule has 28 heavy (non-hydrogen) atoms. The lowest BCUT2D eigenvalue weighted by Gasteiger charge is -2.40. The number of hydrogen-bond acceptors (Lipinski definition) is 4. The number of anilines is 1. The van der Waals surface area contributed by atoms with Crippen LogP contribution >= 0.6 is 0 Å². The van der Waals surface area contributed by atoms with Gasteiger partial charge < -0.3 is 10.2 Å². The van der Waals surface area contributed by atoms with Crippen molar-refractivity contribution in [3.63, 3.8) is 0 Å². The molecular weight excluding hydrogens is 371 g/mol. The van der Waals surface area contributed by atoms with Crippen LogP contribution in [0.2, 0.25) is 0 Å². The number of hydrogen-bond donors (Lipinski definition) is 1. The summed E-state index contributed by atoms with van der Waals surface area (Å²) >= 11 is 0. The van der Waals surface area contributed by atoms with Crippen molar-refractivity contribution in [2.75, 3.05) is 18.4 Å². The highest BCUT2D eigenvalue weighted by molar-refractivity contribution is 5.78. The molecule has 0 unspecified atom stereocenters. The van der Waals surface area contributed by atoms with E-state index in [1.807, 2.05) is 0 Å². The second-order valence-electron chi connectivity index (χ2n) is 7.46. The lowest BCUT2D eigenvalue weighted by molar-refractivity contribution is -0.132. The zero-order valence-electron chi connectivity index (χ0n) is 15.3. The molecule has 9 heteroatoms. The number of amides is 1. The third-order valence-electron chi connectivity index (χ3n) is 5.64. The van der Waals surface area contributed by atoms with Gasteiger partial charge in [0.1, 0.15) is 18.2 Å². The van der Waals surface area contributed by atoms with Crippen LogP contribution in [0.3, 0.4) is 0 Å². The lowest BCUT2D eigenvalue weighted by Crippen LogP contribution is -2.48. The van der Waals surface area contributed by atoms with Gasteiger partial charge in [0.05, 0.1) is 6.42 Å². The summed E-state index contributed by atoms with van der Waals surface area (Å²) in [4.78, 5) is 18.5. The lowest BCUT2D eigenvalue weighted by atomic mass is 9.86. The van der Waals surface area contributed by atoms with E-state index in [-0.39, 0.29) is 36.5 Å². The molecule has 0 saturated carbocycles. The minimum atomic E-state index is -2.52. The van der Waals surface area contributed by atoms with Crippen LogP contribution in [0.15, 0.2) is 30.6 Å². The molecule has 1 amide bonds. The molecular formula is C19H22F3N5O. The molecule has 1 aromatic carbocycles. The van der Waals surface area contributed by atoms with E-state index in [2.05, 4.69) is 15.4 Å². The van der Waals surface area contributed by atoms with Crippen molar-refractivity contribution >= 4 is 11.9 Å². The molecule has 0 aliphatic carbocycles. The molecule has 1 N–H and O–H groups in total. The van der Waals surface area contributed by atoms with Crippen LogP contribution in [0, 0.1) is 11.7 Å². The van der Waals surface area contributed by atoms with Crippen molar-refractivity contribution in [3.8, 4) is 0 Å². The molecule has 3 heterocycles. The average Bonchev–Trinajstić information content (AvgIpc) is 3.17. The van der Waals surface area contributed by atoms with Crippen LogP contribution in [0.5, 0.6) is 0 Å². The first-order valence-corrected chi connectivity index (χ1v) is 9.47. The predicted octanol–water partition coefficient (Wildman–Crippen LogP) is 2.89. The molecule has 1 aromatic heterocycles. The van der Waals surface area contributed by atoms with Crippen LogP contribution < -0.4 is 5.32 Å². The third-order valence-corrected chi connectivity index (χ3v) is 5.64. The van der Waals surface area contributed by atoms with Crippen LogP contribution in [0.4, 0.5) is 19.1 Å². The van der Waals surface area contributed by atoms with Crippen molar-refractivity contribution in [2.24, 2.45) is 5.92 Å². The molecule has 150 valence electrons. The summed E-state index contributed by atoms with van der Waals surface area (Å²) in [6.07, 6.45) is 0.897. The maximum atomic E-state index is 13.5. The Bertz CT molecular complexity index is 825. The molecule has 4 rings (SSSR count). The Morgan fingerprint density at radius 1 is 1.29 bits per heavy atom. The first-order valence-electron chi connectivity index (χ1n) is 9.47.